The molecule has 0 saturated heterocycles. The maximum absolute atomic E-state index is 13.2. The largest absolute Gasteiger partial charge is 0.327 e. The van der Waals surface area contributed by atoms with E-state index in [1.54, 1.807) is 35.0 Å². The second kappa shape index (κ2) is 10.9. The lowest BCUT2D eigenvalue weighted by atomic mass is 10.1. The van der Waals surface area contributed by atoms with Gasteiger partial charge in [0.1, 0.15) is 12.4 Å². The number of carbonyl (C=O) groups excluding carboxylic acids is 2. The highest BCUT2D eigenvalue weighted by Gasteiger charge is 2.24. The van der Waals surface area contributed by atoms with Gasteiger partial charge >= 0.3 is 0 Å². The van der Waals surface area contributed by atoms with Gasteiger partial charge in [0.15, 0.2) is 0 Å². The van der Waals surface area contributed by atoms with Crippen molar-refractivity contribution in [1.82, 2.24) is 14.7 Å². The van der Waals surface area contributed by atoms with Gasteiger partial charge in [-0.2, -0.15) is 5.10 Å². The van der Waals surface area contributed by atoms with Crippen LogP contribution < -0.4 is 5.32 Å². The molecule has 0 spiro atoms. The molecular formula is C27H24BrClN4O2. The average Bonchev–Trinajstić information content (AvgIpc) is 3.26. The normalized spacial score (nSPS) is 10.9. The van der Waals surface area contributed by atoms with Crippen molar-refractivity contribution < 1.29 is 9.59 Å². The van der Waals surface area contributed by atoms with Gasteiger partial charge in [-0.3, -0.25) is 9.59 Å². The van der Waals surface area contributed by atoms with Crippen molar-refractivity contribution >= 4 is 45.2 Å². The zero-order valence-electron chi connectivity index (χ0n) is 19.3. The van der Waals surface area contributed by atoms with Crippen LogP contribution in [0.5, 0.6) is 0 Å². The molecule has 0 bridgehead atoms. The third kappa shape index (κ3) is 5.63. The summed E-state index contributed by atoms with van der Waals surface area (Å²) in [7, 11) is 0. The zero-order valence-corrected chi connectivity index (χ0v) is 21.6. The number of rotatable bonds is 7. The van der Waals surface area contributed by atoms with Crippen LogP contribution in [0.25, 0.3) is 16.9 Å². The molecule has 1 aromatic heterocycles. The summed E-state index contributed by atoms with van der Waals surface area (Å²) in [5.74, 6) is -0.113. The van der Waals surface area contributed by atoms with Gasteiger partial charge in [0, 0.05) is 22.1 Å². The molecule has 2 amide bonds. The predicted molar refractivity (Wildman–Crippen MR) is 143 cm³/mol. The molecule has 0 aliphatic carbocycles. The maximum Gasteiger partial charge on any atom is 0.255 e. The lowest BCUT2D eigenvalue weighted by Gasteiger charge is -2.26. The van der Waals surface area contributed by atoms with Crippen LogP contribution in [0, 0.1) is 0 Å². The topological polar surface area (TPSA) is 67.2 Å². The van der Waals surface area contributed by atoms with Crippen LogP contribution in [0.1, 0.15) is 24.2 Å². The van der Waals surface area contributed by atoms with E-state index in [-0.39, 0.29) is 24.4 Å². The van der Waals surface area contributed by atoms with Crippen LogP contribution >= 0.6 is 27.5 Å². The third-order valence-electron chi connectivity index (χ3n) is 5.43. The molecule has 35 heavy (non-hydrogen) atoms. The Hall–Kier alpha value is -3.42. The van der Waals surface area contributed by atoms with E-state index in [0.717, 1.165) is 5.56 Å². The first-order valence-corrected chi connectivity index (χ1v) is 12.3. The molecule has 8 heteroatoms. The molecule has 6 nitrogen and oxygen atoms in total. The minimum atomic E-state index is -0.341. The molecule has 0 atom stereocenters. The number of carbonyl (C=O) groups is 2. The second-order valence-corrected chi connectivity index (χ2v) is 9.46. The molecule has 0 unspecified atom stereocenters. The van der Waals surface area contributed by atoms with Crippen molar-refractivity contribution in [3.63, 3.8) is 0 Å². The Morgan fingerprint density at radius 1 is 1.00 bits per heavy atom. The Morgan fingerprint density at radius 2 is 1.66 bits per heavy atom. The Morgan fingerprint density at radius 3 is 2.34 bits per heavy atom. The van der Waals surface area contributed by atoms with Crippen molar-refractivity contribution in [2.24, 2.45) is 0 Å². The molecule has 0 fully saturated rings. The molecule has 1 heterocycles. The molecule has 0 aliphatic heterocycles. The first-order chi connectivity index (χ1) is 16.8. The number of nitrogens with one attached hydrogen (secondary N) is 1. The summed E-state index contributed by atoms with van der Waals surface area (Å²) in [6.07, 6.45) is 0. The van der Waals surface area contributed by atoms with E-state index in [0.29, 0.717) is 32.3 Å². The standard InChI is InChI=1S/C27H24BrClN4O2/c1-18(2)32(27(35)20-12-6-7-13-21(20)28)17-26(34)30-25-16-23(19-10-4-3-5-11-19)31-33(25)24-15-9-8-14-22(24)29/h3-16,18H,17H2,1-2H3,(H,30,34). The van der Waals surface area contributed by atoms with Gasteiger partial charge in [-0.1, -0.05) is 66.2 Å². The van der Waals surface area contributed by atoms with Crippen LogP contribution in [0.15, 0.2) is 89.4 Å². The fraction of sp³-hybridized carbons (Fsp3) is 0.148. The van der Waals surface area contributed by atoms with Crippen molar-refractivity contribution in [1.29, 1.82) is 0 Å². The number of benzene rings is 3. The van der Waals surface area contributed by atoms with Crippen molar-refractivity contribution in [2.75, 3.05) is 11.9 Å². The third-order valence-corrected chi connectivity index (χ3v) is 6.44. The maximum atomic E-state index is 13.2. The van der Waals surface area contributed by atoms with Crippen LogP contribution in [-0.4, -0.2) is 39.1 Å². The molecule has 4 rings (SSSR count). The quantitative estimate of drug-likeness (QED) is 0.287. The van der Waals surface area contributed by atoms with Gasteiger partial charge in [0.25, 0.3) is 5.91 Å². The summed E-state index contributed by atoms with van der Waals surface area (Å²) in [5.41, 5.74) is 2.73. The SMILES string of the molecule is CC(C)N(CC(=O)Nc1cc(-c2ccccc2)nn1-c1ccccc1Cl)C(=O)c1ccccc1Br. The number of para-hydroxylation sites is 1. The molecule has 4 aromatic rings. The first kappa shape index (κ1) is 24.7. The van der Waals surface area contributed by atoms with Crippen molar-refractivity contribution in [2.45, 2.75) is 19.9 Å². The highest BCUT2D eigenvalue weighted by atomic mass is 79.9. The van der Waals surface area contributed by atoms with E-state index in [1.165, 1.54) is 4.90 Å². The summed E-state index contributed by atoms with van der Waals surface area (Å²) in [6, 6.07) is 25.7. The number of nitrogens with zero attached hydrogens (tertiary/aromatic N) is 3. The average molecular weight is 552 g/mol. The van der Waals surface area contributed by atoms with Crippen LogP contribution in [-0.2, 0) is 4.79 Å². The Kier molecular flexibility index (Phi) is 7.68. The van der Waals surface area contributed by atoms with Gasteiger partial charge in [-0.15, -0.1) is 0 Å². The summed E-state index contributed by atoms with van der Waals surface area (Å²) in [4.78, 5) is 27.9. The Balaban J connectivity index is 1.64. The Labute approximate surface area is 217 Å². The number of halogens is 2. The molecule has 0 saturated carbocycles. The molecule has 3 aromatic carbocycles. The van der Waals surface area contributed by atoms with Gasteiger partial charge in [0.05, 0.1) is 22.0 Å². The highest BCUT2D eigenvalue weighted by Crippen LogP contribution is 2.28. The smallest absolute Gasteiger partial charge is 0.255 e. The van der Waals surface area contributed by atoms with E-state index in [9.17, 15) is 9.59 Å². The number of anilines is 1. The highest BCUT2D eigenvalue weighted by molar-refractivity contribution is 9.10. The van der Waals surface area contributed by atoms with Crippen LogP contribution in [0.3, 0.4) is 0 Å². The fourth-order valence-electron chi connectivity index (χ4n) is 3.64. The van der Waals surface area contributed by atoms with E-state index in [2.05, 4.69) is 21.2 Å². The second-order valence-electron chi connectivity index (χ2n) is 8.20. The number of hydrogen-bond donors (Lipinski definition) is 1. The number of hydrogen-bond acceptors (Lipinski definition) is 3. The van der Waals surface area contributed by atoms with Crippen molar-refractivity contribution in [3.05, 3.63) is 100.0 Å². The van der Waals surface area contributed by atoms with Crippen LogP contribution in [0.2, 0.25) is 5.02 Å². The summed E-state index contributed by atoms with van der Waals surface area (Å²) >= 11 is 9.87. The minimum absolute atomic E-state index is 0.119. The van der Waals surface area contributed by atoms with Crippen molar-refractivity contribution in [3.8, 4) is 16.9 Å². The van der Waals surface area contributed by atoms with Gasteiger partial charge in [0.2, 0.25) is 5.91 Å². The lowest BCUT2D eigenvalue weighted by molar-refractivity contribution is -0.117. The van der Waals surface area contributed by atoms with Crippen LogP contribution in [0.4, 0.5) is 5.82 Å². The number of aromatic nitrogens is 2. The zero-order chi connectivity index (χ0) is 24.9. The number of amides is 2. The van der Waals surface area contributed by atoms with E-state index >= 15 is 0 Å². The van der Waals surface area contributed by atoms with E-state index in [1.807, 2.05) is 68.4 Å². The van der Waals surface area contributed by atoms with Gasteiger partial charge in [-0.05, 0) is 54.0 Å². The molecule has 1 N–H and O–H groups in total. The Bertz CT molecular complexity index is 1350. The van der Waals surface area contributed by atoms with Gasteiger partial charge in [-0.25, -0.2) is 4.68 Å². The first-order valence-electron chi connectivity index (χ1n) is 11.1. The van der Waals surface area contributed by atoms with E-state index < -0.39 is 0 Å². The summed E-state index contributed by atoms with van der Waals surface area (Å²) < 4.78 is 2.29. The molecular weight excluding hydrogens is 528 g/mol. The predicted octanol–water partition coefficient (Wildman–Crippen LogP) is 6.44. The van der Waals surface area contributed by atoms with Gasteiger partial charge < -0.3 is 10.2 Å². The molecule has 0 aliphatic rings. The fourth-order valence-corrected chi connectivity index (χ4v) is 4.31. The molecule has 0 radical (unpaired) electrons. The minimum Gasteiger partial charge on any atom is -0.327 e. The molecule has 178 valence electrons. The summed E-state index contributed by atoms with van der Waals surface area (Å²) in [5, 5.41) is 8.13. The summed E-state index contributed by atoms with van der Waals surface area (Å²) in [6.45, 7) is 3.64. The lowest BCUT2D eigenvalue weighted by Crippen LogP contribution is -2.42. The van der Waals surface area contributed by atoms with E-state index in [4.69, 9.17) is 16.7 Å². The monoisotopic (exact) mass is 550 g/mol.